The number of ether oxygens (including phenoxy) is 1. The van der Waals surface area contributed by atoms with Crippen LogP contribution in [0.4, 0.5) is 5.69 Å². The highest BCUT2D eigenvalue weighted by molar-refractivity contribution is 5.37. The summed E-state index contributed by atoms with van der Waals surface area (Å²) in [5, 5.41) is 10.4. The summed E-state index contributed by atoms with van der Waals surface area (Å²) >= 11 is 0. The van der Waals surface area contributed by atoms with Gasteiger partial charge in [-0.05, 0) is 12.8 Å². The second-order valence-corrected chi connectivity index (χ2v) is 2.55. The first-order valence-corrected chi connectivity index (χ1v) is 4.04. The van der Waals surface area contributed by atoms with Crippen molar-refractivity contribution in [2.24, 2.45) is 4.99 Å². The van der Waals surface area contributed by atoms with Crippen molar-refractivity contribution in [2.45, 2.75) is 0 Å². The van der Waals surface area contributed by atoms with Crippen LogP contribution < -0.4 is 4.74 Å². The largest absolute Gasteiger partial charge is 0.491 e. The fraction of sp³-hybridized carbons (Fsp3) is 0.222. The van der Waals surface area contributed by atoms with Gasteiger partial charge in [0, 0.05) is 6.07 Å². The van der Waals surface area contributed by atoms with Crippen LogP contribution >= 0.6 is 0 Å². The molecule has 0 saturated carbocycles. The van der Waals surface area contributed by atoms with E-state index in [0.29, 0.717) is 18.9 Å². The average Bonchev–Trinajstić information content (AvgIpc) is 2.19. The van der Waals surface area contributed by atoms with E-state index in [1.807, 2.05) is 0 Å². The maximum atomic E-state index is 10.4. The number of hydrogen-bond donors (Lipinski definition) is 0. The molecule has 1 rings (SSSR count). The number of aliphatic imine (C=N–C) groups is 1. The average molecular weight is 194 g/mol. The van der Waals surface area contributed by atoms with Crippen molar-refractivity contribution in [1.29, 1.82) is 0 Å². The molecule has 0 atom stereocenters. The van der Waals surface area contributed by atoms with E-state index in [-0.39, 0.29) is 5.69 Å². The minimum absolute atomic E-state index is 0.0223. The highest BCUT2D eigenvalue weighted by atomic mass is 16.6. The van der Waals surface area contributed by atoms with E-state index in [2.05, 4.69) is 11.7 Å². The summed E-state index contributed by atoms with van der Waals surface area (Å²) in [6, 6.07) is 6.03. The first-order chi connectivity index (χ1) is 6.74. The van der Waals surface area contributed by atoms with Crippen molar-refractivity contribution in [3.63, 3.8) is 0 Å². The quantitative estimate of drug-likeness (QED) is 0.310. The predicted octanol–water partition coefficient (Wildman–Crippen LogP) is 1.67. The lowest BCUT2D eigenvalue weighted by Gasteiger charge is -2.02. The van der Waals surface area contributed by atoms with Crippen LogP contribution in [0.2, 0.25) is 0 Å². The normalized spacial score (nSPS) is 9.43. The molecule has 0 saturated heterocycles. The molecule has 5 heteroatoms. The topological polar surface area (TPSA) is 64.7 Å². The monoisotopic (exact) mass is 194 g/mol. The van der Waals surface area contributed by atoms with E-state index in [1.165, 1.54) is 12.1 Å². The molecule has 0 heterocycles. The Balaban J connectivity index is 2.63. The Morgan fingerprint density at radius 1 is 1.57 bits per heavy atom. The molecule has 0 spiro atoms. The number of benzene rings is 1. The Morgan fingerprint density at radius 2 is 2.36 bits per heavy atom. The molecule has 5 nitrogen and oxygen atoms in total. The van der Waals surface area contributed by atoms with Gasteiger partial charge >= 0.3 is 0 Å². The lowest BCUT2D eigenvalue weighted by atomic mass is 10.3. The van der Waals surface area contributed by atoms with Gasteiger partial charge in [0.2, 0.25) is 0 Å². The van der Waals surface area contributed by atoms with Crippen LogP contribution in [0.25, 0.3) is 0 Å². The van der Waals surface area contributed by atoms with Gasteiger partial charge in [-0.3, -0.25) is 15.1 Å². The number of hydrogen-bond acceptors (Lipinski definition) is 4. The predicted molar refractivity (Wildman–Crippen MR) is 53.0 cm³/mol. The molecule has 0 fully saturated rings. The molecule has 0 N–H and O–H groups in total. The van der Waals surface area contributed by atoms with E-state index in [4.69, 9.17) is 4.74 Å². The van der Waals surface area contributed by atoms with Gasteiger partial charge in [0.05, 0.1) is 17.5 Å². The Morgan fingerprint density at radius 3 is 3.00 bits per heavy atom. The van der Waals surface area contributed by atoms with Gasteiger partial charge in [0.25, 0.3) is 5.69 Å². The molecule has 0 aliphatic heterocycles. The van der Waals surface area contributed by atoms with Gasteiger partial charge in [0.1, 0.15) is 12.4 Å². The first-order valence-electron chi connectivity index (χ1n) is 4.04. The smallest absolute Gasteiger partial charge is 0.273 e. The summed E-state index contributed by atoms with van der Waals surface area (Å²) in [7, 11) is 0. The van der Waals surface area contributed by atoms with Gasteiger partial charge in [-0.25, -0.2) is 0 Å². The van der Waals surface area contributed by atoms with Crippen molar-refractivity contribution in [1.82, 2.24) is 0 Å². The van der Waals surface area contributed by atoms with E-state index in [0.717, 1.165) is 0 Å². The van der Waals surface area contributed by atoms with Gasteiger partial charge in [-0.1, -0.05) is 6.07 Å². The van der Waals surface area contributed by atoms with E-state index < -0.39 is 4.92 Å². The molecule has 0 aliphatic rings. The standard InChI is InChI=1S/C9H10N2O3/c1-10-5-6-14-9-4-2-3-8(7-9)11(12)13/h2-4,7H,1,5-6H2. The molecule has 1 aromatic rings. The number of non-ortho nitro benzene ring substituents is 1. The maximum absolute atomic E-state index is 10.4. The fourth-order valence-corrected chi connectivity index (χ4v) is 0.915. The number of nitrogens with zero attached hydrogens (tertiary/aromatic N) is 2. The van der Waals surface area contributed by atoms with Crippen LogP contribution in [0, 0.1) is 10.1 Å². The summed E-state index contributed by atoms with van der Waals surface area (Å²) in [4.78, 5) is 13.5. The number of nitro benzene ring substituents is 1. The van der Waals surface area contributed by atoms with Gasteiger partial charge < -0.3 is 4.74 Å². The van der Waals surface area contributed by atoms with Crippen molar-refractivity contribution < 1.29 is 9.66 Å². The highest BCUT2D eigenvalue weighted by Crippen LogP contribution is 2.18. The van der Waals surface area contributed by atoms with Gasteiger partial charge in [-0.2, -0.15) is 0 Å². The summed E-state index contributed by atoms with van der Waals surface area (Å²) in [6.07, 6.45) is 0. The van der Waals surface area contributed by atoms with Crippen molar-refractivity contribution >= 4 is 12.4 Å². The lowest BCUT2D eigenvalue weighted by Crippen LogP contribution is -2.00. The van der Waals surface area contributed by atoms with Gasteiger partial charge in [0.15, 0.2) is 0 Å². The molecule has 0 aliphatic carbocycles. The molecule has 0 unspecified atom stereocenters. The van der Waals surface area contributed by atoms with E-state index >= 15 is 0 Å². The molecular formula is C9H10N2O3. The SMILES string of the molecule is C=NCCOc1cccc([N+](=O)[O-])c1. The van der Waals surface area contributed by atoms with Crippen molar-refractivity contribution in [3.8, 4) is 5.75 Å². The zero-order valence-electron chi connectivity index (χ0n) is 7.55. The second kappa shape index (κ2) is 4.96. The summed E-state index contributed by atoms with van der Waals surface area (Å²) in [6.45, 7) is 4.15. The molecule has 1 aromatic carbocycles. The van der Waals surface area contributed by atoms with Crippen molar-refractivity contribution in [3.05, 3.63) is 34.4 Å². The van der Waals surface area contributed by atoms with Crippen LogP contribution in [0.3, 0.4) is 0 Å². The molecule has 74 valence electrons. The van der Waals surface area contributed by atoms with E-state index in [9.17, 15) is 10.1 Å². The lowest BCUT2D eigenvalue weighted by molar-refractivity contribution is -0.384. The fourth-order valence-electron chi connectivity index (χ4n) is 0.915. The van der Waals surface area contributed by atoms with Crippen LogP contribution in [0.15, 0.2) is 29.3 Å². The molecular weight excluding hydrogens is 184 g/mol. The van der Waals surface area contributed by atoms with Crippen LogP contribution in [0.5, 0.6) is 5.75 Å². The Labute approximate surface area is 81.2 Å². The summed E-state index contributed by atoms with van der Waals surface area (Å²) in [5.41, 5.74) is 0.0223. The number of rotatable bonds is 5. The third-order valence-corrected chi connectivity index (χ3v) is 1.55. The van der Waals surface area contributed by atoms with Crippen LogP contribution in [-0.4, -0.2) is 24.8 Å². The molecule has 0 bridgehead atoms. The third-order valence-electron chi connectivity index (χ3n) is 1.55. The minimum Gasteiger partial charge on any atom is -0.491 e. The maximum Gasteiger partial charge on any atom is 0.273 e. The van der Waals surface area contributed by atoms with Crippen LogP contribution in [-0.2, 0) is 0 Å². The molecule has 14 heavy (non-hydrogen) atoms. The molecule has 0 aromatic heterocycles. The Kier molecular flexibility index (Phi) is 3.60. The molecule has 0 radical (unpaired) electrons. The Bertz CT molecular complexity index is 339. The zero-order valence-corrected chi connectivity index (χ0v) is 7.55. The molecule has 0 amide bonds. The summed E-state index contributed by atoms with van der Waals surface area (Å²) in [5.74, 6) is 0.475. The highest BCUT2D eigenvalue weighted by Gasteiger charge is 2.05. The minimum atomic E-state index is -0.460. The first kappa shape index (κ1) is 10.2. The second-order valence-electron chi connectivity index (χ2n) is 2.55. The van der Waals surface area contributed by atoms with Gasteiger partial charge in [-0.15, -0.1) is 0 Å². The van der Waals surface area contributed by atoms with Crippen molar-refractivity contribution in [2.75, 3.05) is 13.2 Å². The van der Waals surface area contributed by atoms with E-state index in [1.54, 1.807) is 12.1 Å². The number of nitro groups is 1. The van der Waals surface area contributed by atoms with Crippen LogP contribution in [0.1, 0.15) is 0 Å². The third kappa shape index (κ3) is 2.85. The zero-order chi connectivity index (χ0) is 10.4. The Hall–Kier alpha value is -1.91. The summed E-state index contributed by atoms with van der Waals surface area (Å²) < 4.78 is 5.20.